The first-order chi connectivity index (χ1) is 8.13. The van der Waals surface area contributed by atoms with Gasteiger partial charge in [0.1, 0.15) is 5.75 Å². The van der Waals surface area contributed by atoms with Crippen molar-refractivity contribution in [2.24, 2.45) is 0 Å². The van der Waals surface area contributed by atoms with Gasteiger partial charge in [-0.1, -0.05) is 46.6 Å². The van der Waals surface area contributed by atoms with E-state index in [-0.39, 0.29) is 0 Å². The number of fused-ring (bicyclic) bond motifs is 2. The number of hydrogen-bond acceptors (Lipinski definition) is 2. The second-order valence-electron chi connectivity index (χ2n) is 3.51. The summed E-state index contributed by atoms with van der Waals surface area (Å²) >= 11 is 19.5. The fraction of sp³-hybridized carbons (Fsp3) is 0. The van der Waals surface area contributed by atoms with Gasteiger partial charge in [-0.25, -0.2) is 0 Å². The number of rotatable bonds is 0. The van der Waals surface area contributed by atoms with Crippen LogP contribution in [0.5, 0.6) is 11.5 Å². The third-order valence-electron chi connectivity index (χ3n) is 2.31. The van der Waals surface area contributed by atoms with Crippen LogP contribution in [0.2, 0.25) is 15.1 Å². The molecular weight excluding hydrogens is 299 g/mol. The van der Waals surface area contributed by atoms with E-state index in [9.17, 15) is 0 Å². The molecule has 1 heterocycles. The van der Waals surface area contributed by atoms with Crippen molar-refractivity contribution in [1.29, 1.82) is 0 Å². The van der Waals surface area contributed by atoms with E-state index in [0.717, 1.165) is 15.5 Å². The van der Waals surface area contributed by atoms with Crippen molar-refractivity contribution in [3.8, 4) is 11.5 Å². The Morgan fingerprint density at radius 2 is 1.65 bits per heavy atom. The minimum Gasteiger partial charge on any atom is -0.453 e. The zero-order valence-electron chi connectivity index (χ0n) is 8.34. The molecule has 0 saturated carbocycles. The molecule has 2 aromatic carbocycles. The van der Waals surface area contributed by atoms with Crippen LogP contribution >= 0.6 is 46.6 Å². The van der Waals surface area contributed by atoms with E-state index in [4.69, 9.17) is 39.5 Å². The molecule has 0 aliphatic carbocycles. The van der Waals surface area contributed by atoms with Crippen LogP contribution in [-0.2, 0) is 0 Å². The van der Waals surface area contributed by atoms with Crippen molar-refractivity contribution in [1.82, 2.24) is 0 Å². The van der Waals surface area contributed by atoms with Gasteiger partial charge in [0, 0.05) is 10.0 Å². The molecular formula is C12H5Cl3OS. The van der Waals surface area contributed by atoms with Gasteiger partial charge in [0.15, 0.2) is 5.75 Å². The molecule has 0 spiro atoms. The topological polar surface area (TPSA) is 9.23 Å². The molecule has 0 aromatic heterocycles. The van der Waals surface area contributed by atoms with Gasteiger partial charge in [0.25, 0.3) is 0 Å². The van der Waals surface area contributed by atoms with Crippen LogP contribution in [-0.4, -0.2) is 0 Å². The van der Waals surface area contributed by atoms with Crippen molar-refractivity contribution in [2.75, 3.05) is 0 Å². The normalized spacial score (nSPS) is 12.6. The minimum atomic E-state index is 0.514. The molecule has 1 aliphatic rings. The number of benzene rings is 2. The van der Waals surface area contributed by atoms with Crippen molar-refractivity contribution in [3.63, 3.8) is 0 Å². The Kier molecular flexibility index (Phi) is 2.91. The van der Waals surface area contributed by atoms with Gasteiger partial charge in [0.2, 0.25) is 0 Å². The van der Waals surface area contributed by atoms with Gasteiger partial charge < -0.3 is 4.74 Å². The molecule has 0 unspecified atom stereocenters. The van der Waals surface area contributed by atoms with Crippen LogP contribution < -0.4 is 4.74 Å². The number of hydrogen-bond donors (Lipinski definition) is 0. The Balaban J connectivity index is 2.14. The van der Waals surface area contributed by atoms with E-state index in [0.29, 0.717) is 20.8 Å². The van der Waals surface area contributed by atoms with Crippen molar-refractivity contribution >= 4 is 46.6 Å². The fourth-order valence-corrected chi connectivity index (χ4v) is 3.54. The summed E-state index contributed by atoms with van der Waals surface area (Å²) in [7, 11) is 0. The van der Waals surface area contributed by atoms with Gasteiger partial charge in [-0.3, -0.25) is 0 Å². The third-order valence-corrected chi connectivity index (χ3v) is 4.11. The predicted molar refractivity (Wildman–Crippen MR) is 72.1 cm³/mol. The van der Waals surface area contributed by atoms with E-state index >= 15 is 0 Å². The second-order valence-corrected chi connectivity index (χ2v) is 5.87. The van der Waals surface area contributed by atoms with E-state index in [2.05, 4.69) is 0 Å². The first-order valence-electron chi connectivity index (χ1n) is 4.78. The fourth-order valence-electron chi connectivity index (χ4n) is 1.59. The summed E-state index contributed by atoms with van der Waals surface area (Å²) in [5.41, 5.74) is 0. The predicted octanol–water partition coefficient (Wildman–Crippen LogP) is 5.90. The molecule has 86 valence electrons. The standard InChI is InChI=1S/C12H5Cl3OS/c13-6-1-2-9-10(4-6)17-11-5-7(14)3-8(15)12(11)16-9/h1-5H. The van der Waals surface area contributed by atoms with E-state index in [1.54, 1.807) is 23.9 Å². The highest BCUT2D eigenvalue weighted by atomic mass is 35.5. The second kappa shape index (κ2) is 4.29. The Morgan fingerprint density at radius 1 is 0.882 bits per heavy atom. The van der Waals surface area contributed by atoms with Crippen LogP contribution in [0.15, 0.2) is 40.1 Å². The van der Waals surface area contributed by atoms with Crippen molar-refractivity contribution < 1.29 is 4.74 Å². The summed E-state index contributed by atoms with van der Waals surface area (Å²) in [4.78, 5) is 1.86. The summed E-state index contributed by atoms with van der Waals surface area (Å²) in [5, 5.41) is 1.78. The molecule has 0 atom stereocenters. The summed E-state index contributed by atoms with van der Waals surface area (Å²) in [5.74, 6) is 1.41. The van der Waals surface area contributed by atoms with Crippen molar-refractivity contribution in [3.05, 3.63) is 45.4 Å². The molecule has 0 N–H and O–H groups in total. The lowest BCUT2D eigenvalue weighted by atomic mass is 10.3. The Morgan fingerprint density at radius 3 is 2.47 bits per heavy atom. The summed E-state index contributed by atoms with van der Waals surface area (Å²) < 4.78 is 5.75. The summed E-state index contributed by atoms with van der Waals surface area (Å²) in [6.07, 6.45) is 0. The summed E-state index contributed by atoms with van der Waals surface area (Å²) in [6.45, 7) is 0. The molecule has 5 heteroatoms. The average molecular weight is 304 g/mol. The monoisotopic (exact) mass is 302 g/mol. The SMILES string of the molecule is Clc1ccc2c(c1)Sc1cc(Cl)cc(Cl)c1O2. The molecule has 0 saturated heterocycles. The highest BCUT2D eigenvalue weighted by Gasteiger charge is 2.21. The zero-order valence-corrected chi connectivity index (χ0v) is 11.4. The van der Waals surface area contributed by atoms with Gasteiger partial charge in [-0.15, -0.1) is 0 Å². The Labute approximate surface area is 118 Å². The Bertz CT molecular complexity index is 613. The largest absolute Gasteiger partial charge is 0.453 e. The quantitative estimate of drug-likeness (QED) is 0.511. The lowest BCUT2D eigenvalue weighted by molar-refractivity contribution is 0.455. The maximum Gasteiger partial charge on any atom is 0.160 e. The molecule has 0 amide bonds. The molecule has 2 aromatic rings. The maximum atomic E-state index is 6.10. The average Bonchev–Trinajstić information content (AvgIpc) is 2.26. The smallest absolute Gasteiger partial charge is 0.160 e. The van der Waals surface area contributed by atoms with Crippen LogP contribution in [0, 0.1) is 0 Å². The van der Waals surface area contributed by atoms with Gasteiger partial charge in [-0.05, 0) is 30.3 Å². The first-order valence-corrected chi connectivity index (χ1v) is 6.73. The van der Waals surface area contributed by atoms with Crippen LogP contribution in [0.3, 0.4) is 0 Å². The molecule has 17 heavy (non-hydrogen) atoms. The van der Waals surface area contributed by atoms with E-state index < -0.39 is 0 Å². The van der Waals surface area contributed by atoms with Gasteiger partial charge >= 0.3 is 0 Å². The number of halogens is 3. The molecule has 1 nitrogen and oxygen atoms in total. The van der Waals surface area contributed by atoms with Crippen LogP contribution in [0.4, 0.5) is 0 Å². The third kappa shape index (κ3) is 2.11. The molecule has 0 radical (unpaired) electrons. The first kappa shape index (κ1) is 11.5. The molecule has 3 rings (SSSR count). The minimum absolute atomic E-state index is 0.514. The van der Waals surface area contributed by atoms with Crippen LogP contribution in [0.25, 0.3) is 0 Å². The lowest BCUT2D eigenvalue weighted by Crippen LogP contribution is -1.95. The van der Waals surface area contributed by atoms with Gasteiger partial charge in [0.05, 0.1) is 14.8 Å². The van der Waals surface area contributed by atoms with E-state index in [1.165, 1.54) is 0 Å². The lowest BCUT2D eigenvalue weighted by Gasteiger charge is -2.20. The highest BCUT2D eigenvalue weighted by Crippen LogP contribution is 2.51. The maximum absolute atomic E-state index is 6.10. The highest BCUT2D eigenvalue weighted by molar-refractivity contribution is 7.99. The van der Waals surface area contributed by atoms with Crippen molar-refractivity contribution in [2.45, 2.75) is 9.79 Å². The zero-order chi connectivity index (χ0) is 12.0. The van der Waals surface area contributed by atoms with Gasteiger partial charge in [-0.2, -0.15) is 0 Å². The Hall–Kier alpha value is -0.540. The number of ether oxygens (including phenoxy) is 1. The molecule has 0 fully saturated rings. The van der Waals surface area contributed by atoms with E-state index in [1.807, 2.05) is 18.2 Å². The molecule has 1 aliphatic heterocycles. The van der Waals surface area contributed by atoms with Crippen LogP contribution in [0.1, 0.15) is 0 Å². The summed E-state index contributed by atoms with van der Waals surface area (Å²) in [6, 6.07) is 8.98. The molecule has 0 bridgehead atoms.